The minimum Gasteiger partial charge on any atom is -0.398 e. The topological polar surface area (TPSA) is 150 Å². The molecule has 0 saturated heterocycles. The molecule has 26 heavy (non-hydrogen) atoms. The number of alkyl halides is 1. The van der Waals surface area contributed by atoms with Crippen LogP contribution < -0.4 is 16.4 Å². The Balaban J connectivity index is 2.04. The monoisotopic (exact) mass is 359 g/mol. The van der Waals surface area contributed by atoms with E-state index in [0.717, 1.165) is 0 Å². The molecule has 0 spiro atoms. The van der Waals surface area contributed by atoms with Crippen molar-refractivity contribution in [3.8, 4) is 6.07 Å². The quantitative estimate of drug-likeness (QED) is 0.594. The number of nitrogens with two attached hydrogens (primary N) is 1. The normalized spacial score (nSPS) is 12.1. The van der Waals surface area contributed by atoms with E-state index < -0.39 is 17.7 Å². The van der Waals surface area contributed by atoms with Crippen LogP contribution in [0.4, 0.5) is 21.8 Å². The number of nitrogens with zero attached hydrogens (tertiary/aromatic N) is 4. The van der Waals surface area contributed by atoms with Gasteiger partial charge in [-0.05, 0) is 13.8 Å². The van der Waals surface area contributed by atoms with Crippen LogP contribution in [-0.4, -0.2) is 44.3 Å². The average Bonchev–Trinajstić information content (AvgIpc) is 2.59. The summed E-state index contributed by atoms with van der Waals surface area (Å²) in [6.07, 6.45) is 2.29. The number of halogens is 1. The van der Waals surface area contributed by atoms with Gasteiger partial charge in [0, 0.05) is 18.0 Å². The first kappa shape index (κ1) is 19.0. The summed E-state index contributed by atoms with van der Waals surface area (Å²) in [5, 5.41) is 23.4. The van der Waals surface area contributed by atoms with Crippen LogP contribution in [0.5, 0.6) is 0 Å². The van der Waals surface area contributed by atoms with Gasteiger partial charge in [0.05, 0.1) is 35.7 Å². The van der Waals surface area contributed by atoms with E-state index in [0.29, 0.717) is 11.4 Å². The largest absolute Gasteiger partial charge is 0.398 e. The smallest absolute Gasteiger partial charge is 0.255 e. The van der Waals surface area contributed by atoms with E-state index >= 15 is 0 Å². The van der Waals surface area contributed by atoms with Crippen molar-refractivity contribution in [2.45, 2.75) is 25.6 Å². The van der Waals surface area contributed by atoms with Crippen LogP contribution in [-0.2, 0) is 0 Å². The van der Waals surface area contributed by atoms with Crippen molar-refractivity contribution in [1.29, 1.82) is 5.26 Å². The van der Waals surface area contributed by atoms with Crippen LogP contribution >= 0.6 is 0 Å². The lowest BCUT2D eigenvalue weighted by Gasteiger charge is -2.22. The molecule has 136 valence electrons. The van der Waals surface area contributed by atoms with Gasteiger partial charge in [0.2, 0.25) is 5.95 Å². The first-order valence-electron chi connectivity index (χ1n) is 7.60. The predicted molar refractivity (Wildman–Crippen MR) is 92.2 cm³/mol. The summed E-state index contributed by atoms with van der Waals surface area (Å²) in [4.78, 5) is 24.0. The number of pyridine rings is 1. The number of nitriles is 1. The number of hydrogen-bond donors (Lipinski definition) is 4. The fourth-order valence-electron chi connectivity index (χ4n) is 1.82. The summed E-state index contributed by atoms with van der Waals surface area (Å²) in [6, 6.07) is 3.30. The van der Waals surface area contributed by atoms with Gasteiger partial charge in [0.1, 0.15) is 18.1 Å². The highest BCUT2D eigenvalue weighted by Crippen LogP contribution is 2.18. The summed E-state index contributed by atoms with van der Waals surface area (Å²) in [5.74, 6) is -0.106. The molecule has 5 N–H and O–H groups in total. The van der Waals surface area contributed by atoms with Gasteiger partial charge < -0.3 is 21.5 Å². The molecule has 0 aromatic carbocycles. The van der Waals surface area contributed by atoms with Gasteiger partial charge >= 0.3 is 0 Å². The van der Waals surface area contributed by atoms with Gasteiger partial charge in [-0.3, -0.25) is 4.79 Å². The number of amides is 1. The predicted octanol–water partition coefficient (Wildman–Crippen LogP) is 0.908. The highest BCUT2D eigenvalue weighted by atomic mass is 19.1. The molecular formula is C16H18FN7O2. The zero-order valence-corrected chi connectivity index (χ0v) is 14.2. The fraction of sp³-hybridized carbons (Fsp3) is 0.312. The van der Waals surface area contributed by atoms with Crippen LogP contribution in [0.3, 0.4) is 0 Å². The number of carbonyl (C=O) groups excluding carboxylic acids is 1. The van der Waals surface area contributed by atoms with Crippen LogP contribution in [0.2, 0.25) is 0 Å². The number of nitrogens with one attached hydrogen (secondary N) is 2. The first-order chi connectivity index (χ1) is 12.2. The molecule has 1 amide bonds. The molecule has 2 aromatic rings. The number of aromatic nitrogens is 3. The highest BCUT2D eigenvalue weighted by Gasteiger charge is 2.27. The van der Waals surface area contributed by atoms with E-state index in [4.69, 9.17) is 11.0 Å². The van der Waals surface area contributed by atoms with E-state index in [9.17, 15) is 14.3 Å². The molecule has 0 bridgehead atoms. The number of hydrogen-bond acceptors (Lipinski definition) is 8. The van der Waals surface area contributed by atoms with Crippen LogP contribution in [0.1, 0.15) is 29.8 Å². The summed E-state index contributed by atoms with van der Waals surface area (Å²) >= 11 is 0. The second-order valence-electron chi connectivity index (χ2n) is 6.02. The minimum atomic E-state index is -1.63. The fourth-order valence-corrected chi connectivity index (χ4v) is 1.82. The molecule has 10 heteroatoms. The Hall–Kier alpha value is -3.32. The van der Waals surface area contributed by atoms with Gasteiger partial charge in [-0.2, -0.15) is 5.26 Å². The Labute approximate surface area is 149 Å². The number of aliphatic hydroxyl groups is 1. The molecule has 0 aliphatic heterocycles. The molecule has 0 aliphatic carbocycles. The SMILES string of the molecule is CC(C)(O)[C@H](F)CNC(=O)c1cnc(Nc2ncc(C#N)cn2)cc1N. The number of carbonyl (C=O) groups is 1. The molecule has 0 unspecified atom stereocenters. The molecule has 0 saturated carbocycles. The second-order valence-corrected chi connectivity index (χ2v) is 6.02. The number of anilines is 3. The van der Waals surface area contributed by atoms with Crippen molar-refractivity contribution in [2.24, 2.45) is 0 Å². The average molecular weight is 359 g/mol. The second kappa shape index (κ2) is 7.71. The summed E-state index contributed by atoms with van der Waals surface area (Å²) in [7, 11) is 0. The highest BCUT2D eigenvalue weighted by molar-refractivity contribution is 5.99. The third-order valence-corrected chi connectivity index (χ3v) is 3.41. The molecule has 2 heterocycles. The molecule has 0 aliphatic rings. The maximum Gasteiger partial charge on any atom is 0.255 e. The maximum atomic E-state index is 13.7. The first-order valence-corrected chi connectivity index (χ1v) is 7.60. The van der Waals surface area contributed by atoms with Gasteiger partial charge in [0.15, 0.2) is 0 Å². The molecule has 2 rings (SSSR count). The van der Waals surface area contributed by atoms with Gasteiger partial charge in [0.25, 0.3) is 5.91 Å². The standard InChI is InChI=1S/C16H18FN7O2/c1-16(2,26)12(17)8-21-14(25)10-7-20-13(3-11(10)19)24-15-22-5-9(4-18)6-23-15/h3,5-7,12,26H,8H2,1-2H3,(H,21,25)(H3,19,20,22,23,24)/t12-/m1/s1. The van der Waals surface area contributed by atoms with E-state index in [1.807, 2.05) is 6.07 Å². The molecule has 1 atom stereocenters. The third kappa shape index (κ3) is 4.84. The van der Waals surface area contributed by atoms with E-state index in [2.05, 4.69) is 25.6 Å². The van der Waals surface area contributed by atoms with Crippen LogP contribution in [0.15, 0.2) is 24.7 Å². The lowest BCUT2D eigenvalue weighted by Crippen LogP contribution is -2.42. The summed E-state index contributed by atoms with van der Waals surface area (Å²) in [6.45, 7) is 2.26. The van der Waals surface area contributed by atoms with Crippen molar-refractivity contribution in [1.82, 2.24) is 20.3 Å². The van der Waals surface area contributed by atoms with Gasteiger partial charge in [-0.1, -0.05) is 0 Å². The Morgan fingerprint density at radius 3 is 2.58 bits per heavy atom. The van der Waals surface area contributed by atoms with E-state index in [1.54, 1.807) is 0 Å². The van der Waals surface area contributed by atoms with Crippen molar-refractivity contribution < 1.29 is 14.3 Å². The van der Waals surface area contributed by atoms with E-state index in [-0.39, 0.29) is 23.7 Å². The molecular weight excluding hydrogens is 341 g/mol. The van der Waals surface area contributed by atoms with Crippen molar-refractivity contribution in [3.05, 3.63) is 35.8 Å². The Morgan fingerprint density at radius 1 is 1.38 bits per heavy atom. The van der Waals surface area contributed by atoms with Gasteiger partial charge in [-0.25, -0.2) is 19.3 Å². The molecule has 9 nitrogen and oxygen atoms in total. The molecule has 0 fully saturated rings. The zero-order valence-electron chi connectivity index (χ0n) is 14.2. The zero-order chi connectivity index (χ0) is 19.3. The maximum absolute atomic E-state index is 13.7. The van der Waals surface area contributed by atoms with Crippen molar-refractivity contribution in [3.63, 3.8) is 0 Å². The van der Waals surface area contributed by atoms with Crippen LogP contribution in [0.25, 0.3) is 0 Å². The van der Waals surface area contributed by atoms with Crippen LogP contribution in [0, 0.1) is 11.3 Å². The summed E-state index contributed by atoms with van der Waals surface area (Å²) in [5.41, 5.74) is 4.78. The Kier molecular flexibility index (Phi) is 5.64. The number of nitrogen functional groups attached to an aromatic ring is 1. The lowest BCUT2D eigenvalue weighted by atomic mass is 10.0. The lowest BCUT2D eigenvalue weighted by molar-refractivity contribution is -0.00177. The van der Waals surface area contributed by atoms with Gasteiger partial charge in [-0.15, -0.1) is 0 Å². The summed E-state index contributed by atoms with van der Waals surface area (Å²) < 4.78 is 13.7. The van der Waals surface area contributed by atoms with E-state index in [1.165, 1.54) is 38.5 Å². The third-order valence-electron chi connectivity index (χ3n) is 3.41. The Morgan fingerprint density at radius 2 is 2.04 bits per heavy atom. The molecule has 2 aromatic heterocycles. The molecule has 0 radical (unpaired) electrons. The minimum absolute atomic E-state index is 0.0687. The van der Waals surface area contributed by atoms with Crippen molar-refractivity contribution >= 4 is 23.4 Å². The Bertz CT molecular complexity index is 828. The van der Waals surface area contributed by atoms with Crippen molar-refractivity contribution in [2.75, 3.05) is 17.6 Å². The number of rotatable bonds is 6.